The number of likely N-dealkylation sites (tertiary alicyclic amines) is 2. The largest absolute Gasteiger partial charge is 0.345 e. The van der Waals surface area contributed by atoms with E-state index in [1.54, 1.807) is 11.6 Å². The quantitative estimate of drug-likeness (QED) is 0.819. The molecule has 2 amide bonds. The molecule has 0 atom stereocenters. The number of halogens is 1. The van der Waals surface area contributed by atoms with Crippen molar-refractivity contribution < 1.29 is 9.59 Å². The van der Waals surface area contributed by atoms with Crippen molar-refractivity contribution in [1.82, 2.24) is 20.1 Å². The van der Waals surface area contributed by atoms with E-state index in [9.17, 15) is 9.59 Å². The molecule has 0 unspecified atom stereocenters. The van der Waals surface area contributed by atoms with Gasteiger partial charge in [0, 0.05) is 53.8 Å². The number of carbonyl (C=O) groups is 2. The van der Waals surface area contributed by atoms with Crippen molar-refractivity contribution in [3.05, 3.63) is 50.9 Å². The Morgan fingerprint density at radius 1 is 1.16 bits per heavy atom. The topological polar surface area (TPSA) is 65.5 Å². The monoisotopic (exact) mass is 420 g/mol. The van der Waals surface area contributed by atoms with E-state index in [0.717, 1.165) is 36.2 Å². The highest BCUT2D eigenvalue weighted by Gasteiger charge is 2.41. The van der Waals surface area contributed by atoms with E-state index < -0.39 is 0 Å². The molecule has 2 aliphatic rings. The Morgan fingerprint density at radius 2 is 1.88 bits per heavy atom. The molecule has 8 heteroatoms. The number of hydrogen-bond acceptors (Lipinski definition) is 5. The van der Waals surface area contributed by atoms with E-state index in [1.165, 1.54) is 11.3 Å². The molecule has 2 saturated heterocycles. The number of rotatable bonds is 4. The van der Waals surface area contributed by atoms with Crippen LogP contribution < -0.4 is 5.32 Å². The van der Waals surface area contributed by atoms with Crippen molar-refractivity contribution >= 4 is 39.1 Å². The minimum atomic E-state index is -0.0969. The number of benzene rings is 1. The minimum Gasteiger partial charge on any atom is -0.345 e. The van der Waals surface area contributed by atoms with Crippen molar-refractivity contribution in [3.8, 4) is 0 Å². The van der Waals surface area contributed by atoms with Crippen LogP contribution in [0, 0.1) is 0 Å². The van der Waals surface area contributed by atoms with Crippen molar-refractivity contribution in [2.75, 3.05) is 26.2 Å². The van der Waals surface area contributed by atoms with E-state index in [4.69, 9.17) is 0 Å². The smallest absolute Gasteiger partial charge is 0.280 e. The summed E-state index contributed by atoms with van der Waals surface area (Å²) in [5, 5.41) is 5.31. The van der Waals surface area contributed by atoms with Gasteiger partial charge in [0.25, 0.3) is 11.8 Å². The Labute approximate surface area is 158 Å². The minimum absolute atomic E-state index is 0.0814. The van der Waals surface area contributed by atoms with Gasteiger partial charge >= 0.3 is 0 Å². The van der Waals surface area contributed by atoms with Gasteiger partial charge in [-0.05, 0) is 24.3 Å². The summed E-state index contributed by atoms with van der Waals surface area (Å²) in [6, 6.07) is 8.02. The van der Waals surface area contributed by atoms with Crippen molar-refractivity contribution in [1.29, 1.82) is 0 Å². The lowest BCUT2D eigenvalue weighted by molar-refractivity contribution is -0.00941. The SMILES string of the molecule is O=C(NC1CN(C2CN(C(=O)c3ccc(Br)cc3)C2)C1)c1nccs1. The second-order valence-corrected chi connectivity index (χ2v) is 8.14. The lowest BCUT2D eigenvalue weighted by Crippen LogP contribution is -2.70. The second kappa shape index (κ2) is 6.86. The van der Waals surface area contributed by atoms with E-state index >= 15 is 0 Å². The van der Waals surface area contributed by atoms with Crippen molar-refractivity contribution in [3.63, 3.8) is 0 Å². The summed E-state index contributed by atoms with van der Waals surface area (Å²) in [5.41, 5.74) is 0.721. The maximum absolute atomic E-state index is 12.4. The van der Waals surface area contributed by atoms with Crippen molar-refractivity contribution in [2.24, 2.45) is 0 Å². The molecule has 0 radical (unpaired) electrons. The van der Waals surface area contributed by atoms with Crippen LogP contribution in [0.2, 0.25) is 0 Å². The summed E-state index contributed by atoms with van der Waals surface area (Å²) in [5.74, 6) is -0.0156. The van der Waals surface area contributed by atoms with Crippen LogP contribution in [0.25, 0.3) is 0 Å². The number of nitrogens with zero attached hydrogens (tertiary/aromatic N) is 3. The number of aromatic nitrogens is 1. The molecule has 2 aromatic rings. The molecular weight excluding hydrogens is 404 g/mol. The van der Waals surface area contributed by atoms with Gasteiger partial charge in [-0.15, -0.1) is 11.3 Å². The summed E-state index contributed by atoms with van der Waals surface area (Å²) in [6.45, 7) is 3.17. The molecular formula is C17H17BrN4O2S. The highest BCUT2D eigenvalue weighted by atomic mass is 79.9. The standard InChI is InChI=1S/C17H17BrN4O2S/c18-12-3-1-11(2-4-12)17(24)22-9-14(10-22)21-7-13(8-21)20-15(23)16-19-5-6-25-16/h1-6,13-14H,7-10H2,(H,20,23). The first-order valence-electron chi connectivity index (χ1n) is 8.09. The predicted octanol–water partition coefficient (Wildman–Crippen LogP) is 1.84. The van der Waals surface area contributed by atoms with Crippen LogP contribution in [0.1, 0.15) is 20.2 Å². The van der Waals surface area contributed by atoms with Crippen LogP contribution in [0.5, 0.6) is 0 Å². The van der Waals surface area contributed by atoms with E-state index in [1.807, 2.05) is 29.2 Å². The lowest BCUT2D eigenvalue weighted by Gasteiger charge is -2.51. The summed E-state index contributed by atoms with van der Waals surface area (Å²) in [4.78, 5) is 32.5. The third-order valence-electron chi connectivity index (χ3n) is 4.63. The van der Waals surface area contributed by atoms with E-state index in [2.05, 4.69) is 31.1 Å². The molecule has 25 heavy (non-hydrogen) atoms. The first kappa shape index (κ1) is 16.7. The summed E-state index contributed by atoms with van der Waals surface area (Å²) < 4.78 is 0.969. The Morgan fingerprint density at radius 3 is 2.52 bits per heavy atom. The first-order chi connectivity index (χ1) is 12.1. The number of hydrogen-bond donors (Lipinski definition) is 1. The van der Waals surface area contributed by atoms with Gasteiger partial charge in [-0.25, -0.2) is 4.98 Å². The Kier molecular flexibility index (Phi) is 4.58. The third-order valence-corrected chi connectivity index (χ3v) is 5.93. The zero-order valence-electron chi connectivity index (χ0n) is 13.4. The number of nitrogens with one attached hydrogen (secondary N) is 1. The van der Waals surface area contributed by atoms with Gasteiger partial charge in [-0.2, -0.15) is 0 Å². The Balaban J connectivity index is 1.21. The zero-order valence-corrected chi connectivity index (χ0v) is 15.8. The average Bonchev–Trinajstić information content (AvgIpc) is 3.05. The number of carbonyl (C=O) groups excluding carboxylic acids is 2. The lowest BCUT2D eigenvalue weighted by atomic mass is 9.98. The van der Waals surface area contributed by atoms with Crippen LogP contribution in [0.15, 0.2) is 40.3 Å². The van der Waals surface area contributed by atoms with Gasteiger partial charge in [-0.3, -0.25) is 14.5 Å². The molecule has 0 saturated carbocycles. The second-order valence-electron chi connectivity index (χ2n) is 6.33. The molecule has 4 rings (SSSR count). The molecule has 3 heterocycles. The molecule has 130 valence electrons. The number of thiazole rings is 1. The molecule has 0 aliphatic carbocycles. The van der Waals surface area contributed by atoms with Gasteiger partial charge in [0.15, 0.2) is 5.01 Å². The van der Waals surface area contributed by atoms with Crippen LogP contribution in [0.4, 0.5) is 0 Å². The fourth-order valence-electron chi connectivity index (χ4n) is 3.11. The van der Waals surface area contributed by atoms with Gasteiger partial charge in [0.1, 0.15) is 0 Å². The maximum atomic E-state index is 12.4. The predicted molar refractivity (Wildman–Crippen MR) is 98.8 cm³/mol. The average molecular weight is 421 g/mol. The van der Waals surface area contributed by atoms with Crippen molar-refractivity contribution in [2.45, 2.75) is 12.1 Å². The molecule has 1 aromatic carbocycles. The van der Waals surface area contributed by atoms with E-state index in [0.29, 0.717) is 11.0 Å². The first-order valence-corrected chi connectivity index (χ1v) is 9.76. The molecule has 0 spiro atoms. The van der Waals surface area contributed by atoms with Gasteiger partial charge in [0.2, 0.25) is 0 Å². The molecule has 0 bridgehead atoms. The fourth-order valence-corrected chi connectivity index (χ4v) is 3.91. The molecule has 6 nitrogen and oxygen atoms in total. The summed E-state index contributed by atoms with van der Waals surface area (Å²) in [7, 11) is 0. The summed E-state index contributed by atoms with van der Waals surface area (Å²) in [6.07, 6.45) is 1.64. The zero-order chi connectivity index (χ0) is 17.4. The third kappa shape index (κ3) is 3.47. The van der Waals surface area contributed by atoms with Gasteiger partial charge in [-0.1, -0.05) is 15.9 Å². The molecule has 1 N–H and O–H groups in total. The van der Waals surface area contributed by atoms with Crippen LogP contribution in [0.3, 0.4) is 0 Å². The van der Waals surface area contributed by atoms with Gasteiger partial charge in [0.05, 0.1) is 6.04 Å². The highest BCUT2D eigenvalue weighted by Crippen LogP contribution is 2.23. The fraction of sp³-hybridized carbons (Fsp3) is 0.353. The van der Waals surface area contributed by atoms with Crippen LogP contribution >= 0.6 is 27.3 Å². The summed E-state index contributed by atoms with van der Waals surface area (Å²) >= 11 is 4.73. The van der Waals surface area contributed by atoms with Crippen LogP contribution in [-0.2, 0) is 0 Å². The van der Waals surface area contributed by atoms with E-state index in [-0.39, 0.29) is 17.9 Å². The van der Waals surface area contributed by atoms with Crippen LogP contribution in [-0.4, -0.2) is 64.9 Å². The Hall–Kier alpha value is -1.77. The maximum Gasteiger partial charge on any atom is 0.280 e. The number of amides is 2. The molecule has 2 fully saturated rings. The van der Waals surface area contributed by atoms with Gasteiger partial charge < -0.3 is 10.2 Å². The molecule has 2 aliphatic heterocycles. The normalized spacial score (nSPS) is 18.5. The highest BCUT2D eigenvalue weighted by molar-refractivity contribution is 9.10. The molecule has 1 aromatic heterocycles. The Bertz CT molecular complexity index is 768.